The Hall–Kier alpha value is -0.730. The normalized spacial score (nSPS) is 15.4. The molecule has 0 spiro atoms. The summed E-state index contributed by atoms with van der Waals surface area (Å²) in [5.41, 5.74) is 0. The number of rotatable bonds is 2. The van der Waals surface area contributed by atoms with Gasteiger partial charge in [0.1, 0.15) is 6.10 Å². The monoisotopic (exact) mass is 232 g/mol. The first-order valence-corrected chi connectivity index (χ1v) is 4.36. The van der Waals surface area contributed by atoms with Crippen molar-refractivity contribution in [3.63, 3.8) is 0 Å². The van der Waals surface area contributed by atoms with Gasteiger partial charge in [0.05, 0.1) is 6.54 Å². The van der Waals surface area contributed by atoms with Crippen molar-refractivity contribution >= 4 is 22.0 Å². The fourth-order valence-electron chi connectivity index (χ4n) is 0.688. The molecule has 0 saturated carbocycles. The molecule has 2 N–H and O–H groups in total. The predicted molar refractivity (Wildman–Crippen MR) is 47.8 cm³/mol. The van der Waals surface area contributed by atoms with Crippen LogP contribution in [0.1, 0.15) is 0 Å². The number of carbonyl (C=O) groups excluding carboxylic acids is 1. The summed E-state index contributed by atoms with van der Waals surface area (Å²) in [7, 11) is 0. The second kappa shape index (κ2) is 5.01. The van der Waals surface area contributed by atoms with Gasteiger partial charge in [0.2, 0.25) is 0 Å². The molecule has 1 rings (SSSR count). The Morgan fingerprint density at radius 2 is 2.50 bits per heavy atom. The summed E-state index contributed by atoms with van der Waals surface area (Å²) in [6.07, 6.45) is -0.376. The number of hydrogen-bond acceptors (Lipinski definition) is 3. The van der Waals surface area contributed by atoms with E-state index < -0.39 is 6.09 Å². The smallest absolute Gasteiger partial charge is 0.408 e. The number of nitrogens with one attached hydrogen (secondary N) is 2. The minimum Gasteiger partial charge on any atom is -0.444 e. The Labute approximate surface area is 79.2 Å². The molecule has 0 aromatic heterocycles. The minimum atomic E-state index is -0.406. The highest BCUT2D eigenvalue weighted by Gasteiger charge is 2.20. The third-order valence-corrected chi connectivity index (χ3v) is 1.69. The van der Waals surface area contributed by atoms with Crippen molar-refractivity contribution in [2.24, 2.45) is 0 Å². The molecule has 0 aliphatic carbocycles. The van der Waals surface area contributed by atoms with Crippen LogP contribution in [0.25, 0.3) is 0 Å². The fourth-order valence-corrected chi connectivity index (χ4v) is 0.829. The van der Waals surface area contributed by atoms with Gasteiger partial charge in [-0.15, -0.1) is 0 Å². The van der Waals surface area contributed by atoms with Crippen molar-refractivity contribution < 1.29 is 9.53 Å². The van der Waals surface area contributed by atoms with Gasteiger partial charge < -0.3 is 15.4 Å². The Kier molecular flexibility index (Phi) is 3.91. The first-order valence-electron chi connectivity index (χ1n) is 3.56. The lowest BCUT2D eigenvalue weighted by Gasteiger charge is -2.26. The summed E-state index contributed by atoms with van der Waals surface area (Å²) < 4.78 is 4.94. The van der Waals surface area contributed by atoms with E-state index in [9.17, 15) is 4.79 Å². The zero-order chi connectivity index (χ0) is 8.81. The number of ether oxygens (including phenoxy) is 1. The van der Waals surface area contributed by atoms with Crippen LogP contribution >= 0.6 is 15.9 Å². The Morgan fingerprint density at radius 3 is 3.00 bits per heavy atom. The van der Waals surface area contributed by atoms with E-state index in [1.807, 2.05) is 0 Å². The summed E-state index contributed by atoms with van der Waals surface area (Å²) in [6.45, 7) is 1.80. The van der Waals surface area contributed by atoms with E-state index in [4.69, 9.17) is 4.74 Å². The van der Waals surface area contributed by atoms with Gasteiger partial charge >= 0.3 is 6.09 Å². The number of carbonyl (C=O) groups is 1. The second-order valence-corrected chi connectivity index (χ2v) is 2.71. The maximum atomic E-state index is 10.9. The van der Waals surface area contributed by atoms with Gasteiger partial charge in [-0.1, -0.05) is 5.92 Å². The first-order chi connectivity index (χ1) is 5.83. The molecule has 1 heterocycles. The van der Waals surface area contributed by atoms with E-state index in [1.165, 1.54) is 0 Å². The van der Waals surface area contributed by atoms with Crippen LogP contribution in [0.5, 0.6) is 0 Å². The SMILES string of the molecule is O=C(NCC#CBr)OC1CNC1. The zero-order valence-electron chi connectivity index (χ0n) is 6.39. The number of hydrogen-bond donors (Lipinski definition) is 2. The molecule has 5 heteroatoms. The summed E-state index contributed by atoms with van der Waals surface area (Å²) in [5, 5.41) is 5.48. The number of amides is 1. The van der Waals surface area contributed by atoms with E-state index in [0.29, 0.717) is 6.54 Å². The van der Waals surface area contributed by atoms with Crippen LogP contribution < -0.4 is 10.6 Å². The highest BCUT2D eigenvalue weighted by molar-refractivity contribution is 9.12. The molecule has 0 unspecified atom stereocenters. The Bertz CT molecular complexity index is 217. The van der Waals surface area contributed by atoms with Gasteiger partial charge in [-0.2, -0.15) is 0 Å². The van der Waals surface area contributed by atoms with Crippen LogP contribution in [0.15, 0.2) is 0 Å². The van der Waals surface area contributed by atoms with E-state index in [0.717, 1.165) is 13.1 Å². The van der Waals surface area contributed by atoms with Crippen LogP contribution in [0, 0.1) is 10.8 Å². The lowest BCUT2D eigenvalue weighted by atomic mass is 10.2. The summed E-state index contributed by atoms with van der Waals surface area (Å²) in [6, 6.07) is 0. The molecule has 66 valence electrons. The summed E-state index contributed by atoms with van der Waals surface area (Å²) in [5.74, 6) is 2.63. The molecular formula is C7H9BrN2O2. The topological polar surface area (TPSA) is 50.4 Å². The fraction of sp³-hybridized carbons (Fsp3) is 0.571. The van der Waals surface area contributed by atoms with Gasteiger partial charge in [0.25, 0.3) is 0 Å². The average Bonchev–Trinajstić information content (AvgIpc) is 1.98. The lowest BCUT2D eigenvalue weighted by Crippen LogP contribution is -2.50. The van der Waals surface area contributed by atoms with Gasteiger partial charge in [-0.05, 0) is 4.83 Å². The van der Waals surface area contributed by atoms with Crippen molar-refractivity contribution in [2.75, 3.05) is 19.6 Å². The van der Waals surface area contributed by atoms with E-state index in [-0.39, 0.29) is 6.10 Å². The standard InChI is InChI=1S/C7H9BrN2O2/c8-2-1-3-10-7(11)12-6-4-9-5-6/h6,9H,3-5H2,(H,10,11). The summed E-state index contributed by atoms with van der Waals surface area (Å²) >= 11 is 2.91. The third-order valence-electron chi connectivity index (χ3n) is 1.41. The van der Waals surface area contributed by atoms with Crippen LogP contribution in [-0.4, -0.2) is 31.8 Å². The zero-order valence-corrected chi connectivity index (χ0v) is 7.98. The molecule has 0 bridgehead atoms. The quantitative estimate of drug-likeness (QED) is 0.662. The second-order valence-electron chi connectivity index (χ2n) is 2.31. The van der Waals surface area contributed by atoms with Crippen molar-refractivity contribution in [1.82, 2.24) is 10.6 Å². The average molecular weight is 233 g/mol. The molecule has 4 nitrogen and oxygen atoms in total. The lowest BCUT2D eigenvalue weighted by molar-refractivity contribution is 0.0679. The van der Waals surface area contributed by atoms with Crippen molar-refractivity contribution in [2.45, 2.75) is 6.10 Å². The minimum absolute atomic E-state index is 0.0296. The van der Waals surface area contributed by atoms with E-state index >= 15 is 0 Å². The van der Waals surface area contributed by atoms with Crippen molar-refractivity contribution in [1.29, 1.82) is 0 Å². The maximum Gasteiger partial charge on any atom is 0.408 e. The van der Waals surface area contributed by atoms with Gasteiger partial charge in [0, 0.05) is 29.0 Å². The maximum absolute atomic E-state index is 10.9. The molecule has 0 radical (unpaired) electrons. The van der Waals surface area contributed by atoms with Crippen LogP contribution in [0.4, 0.5) is 4.79 Å². The Balaban J connectivity index is 2.05. The van der Waals surface area contributed by atoms with E-state index in [1.54, 1.807) is 0 Å². The molecule has 1 aliphatic rings. The van der Waals surface area contributed by atoms with Gasteiger partial charge in [0.15, 0.2) is 0 Å². The molecule has 0 aromatic rings. The van der Waals surface area contributed by atoms with E-state index in [2.05, 4.69) is 37.3 Å². The highest BCUT2D eigenvalue weighted by Crippen LogP contribution is 1.97. The molecule has 1 amide bonds. The van der Waals surface area contributed by atoms with Gasteiger partial charge in [-0.3, -0.25) is 0 Å². The van der Waals surface area contributed by atoms with Gasteiger partial charge in [-0.25, -0.2) is 4.79 Å². The first kappa shape index (κ1) is 9.36. The molecular weight excluding hydrogens is 224 g/mol. The largest absolute Gasteiger partial charge is 0.444 e. The van der Waals surface area contributed by atoms with Crippen molar-refractivity contribution in [3.05, 3.63) is 0 Å². The molecule has 1 fully saturated rings. The van der Waals surface area contributed by atoms with Crippen LogP contribution in [0.3, 0.4) is 0 Å². The third kappa shape index (κ3) is 3.11. The molecule has 12 heavy (non-hydrogen) atoms. The predicted octanol–water partition coefficient (Wildman–Crippen LogP) is 0.0402. The molecule has 1 saturated heterocycles. The Morgan fingerprint density at radius 1 is 1.75 bits per heavy atom. The molecule has 0 atom stereocenters. The molecule has 1 aliphatic heterocycles. The highest BCUT2D eigenvalue weighted by atomic mass is 79.9. The summed E-state index contributed by atoms with van der Waals surface area (Å²) in [4.78, 5) is 13.4. The number of halogens is 1. The van der Waals surface area contributed by atoms with Crippen LogP contribution in [0.2, 0.25) is 0 Å². The molecule has 0 aromatic carbocycles. The van der Waals surface area contributed by atoms with Crippen LogP contribution in [-0.2, 0) is 4.74 Å². The number of alkyl carbamates (subject to hydrolysis) is 1. The van der Waals surface area contributed by atoms with Crippen molar-refractivity contribution in [3.8, 4) is 10.8 Å².